The van der Waals surface area contributed by atoms with E-state index in [9.17, 15) is 5.11 Å². The van der Waals surface area contributed by atoms with Crippen molar-refractivity contribution in [3.05, 3.63) is 52.8 Å². The molecule has 0 bridgehead atoms. The Morgan fingerprint density at radius 1 is 1.10 bits per heavy atom. The highest BCUT2D eigenvalue weighted by Gasteiger charge is 2.30. The van der Waals surface area contributed by atoms with Gasteiger partial charge < -0.3 is 29.4 Å². The number of aliphatic hydroxyl groups excluding tert-OH is 1. The van der Waals surface area contributed by atoms with Gasteiger partial charge in [0, 0.05) is 23.2 Å². The lowest BCUT2D eigenvalue weighted by molar-refractivity contribution is 0.149. The van der Waals surface area contributed by atoms with Crippen molar-refractivity contribution in [2.45, 2.75) is 24.7 Å². The second kappa shape index (κ2) is 12.0. The summed E-state index contributed by atoms with van der Waals surface area (Å²) in [7, 11) is 3.06. The van der Waals surface area contributed by atoms with E-state index in [-0.39, 0.29) is 12.1 Å². The van der Waals surface area contributed by atoms with Gasteiger partial charge in [-0.2, -0.15) is 0 Å². The summed E-state index contributed by atoms with van der Waals surface area (Å²) in [6.07, 6.45) is 4.98. The number of anilines is 1. The Labute approximate surface area is 236 Å². The highest BCUT2D eigenvalue weighted by atomic mass is 35.5. The maximum atomic E-state index is 9.95. The molecule has 1 aromatic carbocycles. The van der Waals surface area contributed by atoms with E-state index in [2.05, 4.69) is 22.2 Å². The van der Waals surface area contributed by atoms with Crippen LogP contribution < -0.4 is 20.1 Å². The van der Waals surface area contributed by atoms with Crippen molar-refractivity contribution in [2.75, 3.05) is 46.0 Å². The lowest BCUT2D eigenvalue weighted by Crippen LogP contribution is -2.47. The first-order valence-corrected chi connectivity index (χ1v) is 13.1. The average molecular weight is 574 g/mol. The van der Waals surface area contributed by atoms with Gasteiger partial charge in [0.2, 0.25) is 5.95 Å². The van der Waals surface area contributed by atoms with E-state index < -0.39 is 6.23 Å². The van der Waals surface area contributed by atoms with Crippen molar-refractivity contribution in [1.82, 2.24) is 20.3 Å². The molecule has 3 atom stereocenters. The monoisotopic (exact) mass is 573 g/mol. The molecule has 4 heterocycles. The van der Waals surface area contributed by atoms with E-state index in [0.717, 1.165) is 11.0 Å². The lowest BCUT2D eigenvalue weighted by atomic mass is 10.0. The Morgan fingerprint density at radius 2 is 1.85 bits per heavy atom. The van der Waals surface area contributed by atoms with Crippen LogP contribution in [0.4, 0.5) is 5.95 Å². The first-order valence-electron chi connectivity index (χ1n) is 12.4. The number of aliphatic hydroxyl groups is 1. The van der Waals surface area contributed by atoms with Crippen LogP contribution in [-0.4, -0.2) is 79.0 Å². The summed E-state index contributed by atoms with van der Waals surface area (Å²) in [5.74, 6) is 1.25. The largest absolute Gasteiger partial charge is 0.495 e. The molecule has 12 heteroatoms. The van der Waals surface area contributed by atoms with Gasteiger partial charge in [0.25, 0.3) is 0 Å². The molecule has 206 valence electrons. The molecule has 10 nitrogen and oxygen atoms in total. The Kier molecular flexibility index (Phi) is 8.51. The van der Waals surface area contributed by atoms with Crippen LogP contribution in [0.2, 0.25) is 10.0 Å². The molecule has 0 radical (unpaired) electrons. The van der Waals surface area contributed by atoms with E-state index in [1.165, 1.54) is 20.3 Å². The molecule has 0 spiro atoms. The number of fused-ring (bicyclic) bond motifs is 1. The molecule has 39 heavy (non-hydrogen) atoms. The van der Waals surface area contributed by atoms with Crippen LogP contribution in [0, 0.1) is 0 Å². The molecular weight excluding hydrogens is 545 g/mol. The van der Waals surface area contributed by atoms with Crippen LogP contribution in [0.5, 0.6) is 11.5 Å². The quantitative estimate of drug-likeness (QED) is 0.255. The van der Waals surface area contributed by atoms with E-state index >= 15 is 0 Å². The summed E-state index contributed by atoms with van der Waals surface area (Å²) >= 11 is 13.4. The highest BCUT2D eigenvalue weighted by Crippen LogP contribution is 2.46. The predicted octanol–water partition coefficient (Wildman–Crippen LogP) is 4.09. The number of aromatic nitrogens is 3. The molecule has 1 saturated heterocycles. The number of benzene rings is 1. The Balaban J connectivity index is 1.60. The molecule has 2 aromatic heterocycles. The molecule has 1 unspecified atom stereocenters. The summed E-state index contributed by atoms with van der Waals surface area (Å²) in [5, 5.41) is 17.7. The molecule has 3 aromatic rings. The summed E-state index contributed by atoms with van der Waals surface area (Å²) in [5.41, 5.74) is 3.38. The Hall–Kier alpha value is -2.99. The minimum absolute atomic E-state index is 0.150. The van der Waals surface area contributed by atoms with Gasteiger partial charge >= 0.3 is 0 Å². The molecule has 0 amide bonds. The van der Waals surface area contributed by atoms with E-state index in [1.54, 1.807) is 12.3 Å². The summed E-state index contributed by atoms with van der Waals surface area (Å²) in [4.78, 5) is 14.4. The first kappa shape index (κ1) is 27.6. The van der Waals surface area contributed by atoms with Gasteiger partial charge in [0.05, 0.1) is 74.2 Å². The third-order valence-electron chi connectivity index (χ3n) is 6.67. The van der Waals surface area contributed by atoms with Crippen LogP contribution in [-0.2, 0) is 9.47 Å². The number of nitrogens with zero attached hydrogens (tertiary/aromatic N) is 3. The fraction of sp³-hybridized carbons (Fsp3) is 0.370. The van der Waals surface area contributed by atoms with Crippen molar-refractivity contribution in [3.63, 3.8) is 0 Å². The number of pyridine rings is 1. The van der Waals surface area contributed by atoms with Crippen LogP contribution >= 0.6 is 23.2 Å². The number of ether oxygens (including phenoxy) is 4. The van der Waals surface area contributed by atoms with E-state index in [0.29, 0.717) is 82.8 Å². The van der Waals surface area contributed by atoms with Gasteiger partial charge in [0.15, 0.2) is 0 Å². The smallest absolute Gasteiger partial charge is 0.223 e. The van der Waals surface area contributed by atoms with Crippen LogP contribution in [0.1, 0.15) is 12.1 Å². The second-order valence-corrected chi connectivity index (χ2v) is 9.82. The zero-order chi connectivity index (χ0) is 27.5. The zero-order valence-electron chi connectivity index (χ0n) is 21.5. The number of hydrogen-bond acceptors (Lipinski definition) is 10. The maximum absolute atomic E-state index is 9.95. The van der Waals surface area contributed by atoms with E-state index in [4.69, 9.17) is 52.1 Å². The minimum Gasteiger partial charge on any atom is -0.495 e. The van der Waals surface area contributed by atoms with Crippen LogP contribution in [0.3, 0.4) is 0 Å². The van der Waals surface area contributed by atoms with Gasteiger partial charge in [0.1, 0.15) is 23.2 Å². The molecule has 2 aliphatic heterocycles. The predicted molar refractivity (Wildman–Crippen MR) is 151 cm³/mol. The fourth-order valence-electron chi connectivity index (χ4n) is 4.63. The van der Waals surface area contributed by atoms with Crippen molar-refractivity contribution in [1.29, 1.82) is 0 Å². The number of rotatable bonds is 9. The molecule has 3 N–H and O–H groups in total. The zero-order valence-corrected chi connectivity index (χ0v) is 23.1. The van der Waals surface area contributed by atoms with Crippen molar-refractivity contribution in [3.8, 4) is 22.8 Å². The topological polar surface area (TPSA) is 120 Å². The van der Waals surface area contributed by atoms with Crippen LogP contribution in [0.25, 0.3) is 27.7 Å². The third-order valence-corrected chi connectivity index (χ3v) is 7.42. The second-order valence-electron chi connectivity index (χ2n) is 9.07. The number of halogens is 2. The standard InChI is InChI=1S/C27H29Cl2N5O5/c1-4-21(35)31-17-12-39-13-18(17)33-27-30-11-15-9-16(22-23(28)19(36-2)10-20(37-3)24(22)29)32-25(26(15)34-27)14-5-7-38-8-6-14/h4-5,9-11,17-18,21,31,35H,1,6-8,12-13H2,2-3H3,(H,30,33,34)/t17-,18+,21?/m0/s1. The Bertz CT molecular complexity index is 1390. The summed E-state index contributed by atoms with van der Waals surface area (Å²) in [6.45, 7) is 5.53. The normalized spacial score (nSPS) is 20.0. The lowest BCUT2D eigenvalue weighted by Gasteiger charge is -2.22. The summed E-state index contributed by atoms with van der Waals surface area (Å²) in [6, 6.07) is 3.18. The molecule has 0 aliphatic carbocycles. The van der Waals surface area contributed by atoms with Gasteiger partial charge in [-0.05, 0) is 24.1 Å². The molecule has 2 aliphatic rings. The fourth-order valence-corrected chi connectivity index (χ4v) is 5.32. The Morgan fingerprint density at radius 3 is 2.51 bits per heavy atom. The molecule has 5 rings (SSSR count). The number of nitrogens with one attached hydrogen (secondary N) is 2. The highest BCUT2D eigenvalue weighted by molar-refractivity contribution is 6.41. The number of hydrogen-bond donors (Lipinski definition) is 3. The van der Waals surface area contributed by atoms with Crippen molar-refractivity contribution < 1.29 is 24.1 Å². The van der Waals surface area contributed by atoms with Gasteiger partial charge in [-0.3, -0.25) is 5.32 Å². The summed E-state index contributed by atoms with van der Waals surface area (Å²) < 4.78 is 22.1. The van der Waals surface area contributed by atoms with Crippen molar-refractivity contribution >= 4 is 45.6 Å². The molecular formula is C27H29Cl2N5O5. The SMILES string of the molecule is C=CC(O)N[C@H]1COC[C@H]1Nc1ncc2cc(-c3c(Cl)c(OC)cc(OC)c3Cl)nc(C3=CCOCC3)c2n1. The maximum Gasteiger partial charge on any atom is 0.223 e. The van der Waals surface area contributed by atoms with Gasteiger partial charge in [-0.1, -0.05) is 35.9 Å². The molecule has 0 saturated carbocycles. The average Bonchev–Trinajstić information content (AvgIpc) is 3.39. The third kappa shape index (κ3) is 5.67. The van der Waals surface area contributed by atoms with Crippen molar-refractivity contribution in [2.24, 2.45) is 0 Å². The first-order chi connectivity index (χ1) is 18.9. The molecule has 1 fully saturated rings. The van der Waals surface area contributed by atoms with Gasteiger partial charge in [-0.15, -0.1) is 0 Å². The number of methoxy groups -OCH3 is 2. The van der Waals surface area contributed by atoms with Gasteiger partial charge in [-0.25, -0.2) is 15.0 Å². The van der Waals surface area contributed by atoms with E-state index in [1.807, 2.05) is 12.1 Å². The van der Waals surface area contributed by atoms with Crippen LogP contribution in [0.15, 0.2) is 37.1 Å². The minimum atomic E-state index is -0.845.